The number of halogens is 2. The van der Waals surface area contributed by atoms with Gasteiger partial charge in [-0.05, 0) is 37.2 Å². The first-order valence-electron chi connectivity index (χ1n) is 6.70. The Morgan fingerprint density at radius 1 is 1.20 bits per heavy atom. The number of benzene rings is 1. The van der Waals surface area contributed by atoms with Crippen molar-refractivity contribution in [1.29, 1.82) is 0 Å². The molecule has 3 nitrogen and oxygen atoms in total. The summed E-state index contributed by atoms with van der Waals surface area (Å²) in [4.78, 5) is 0. The normalized spacial score (nSPS) is 16.3. The van der Waals surface area contributed by atoms with Crippen LogP contribution in [-0.2, 0) is 0 Å². The van der Waals surface area contributed by atoms with Crippen molar-refractivity contribution < 1.29 is 0 Å². The SMILES string of the molecule is S=C(N/N=C\c1c(Cl)cccc1Cl)NC1CCCCC1. The van der Waals surface area contributed by atoms with E-state index in [1.54, 1.807) is 24.4 Å². The summed E-state index contributed by atoms with van der Waals surface area (Å²) < 4.78 is 0. The highest BCUT2D eigenvalue weighted by Gasteiger charge is 2.13. The molecule has 0 saturated heterocycles. The quantitative estimate of drug-likeness (QED) is 0.497. The van der Waals surface area contributed by atoms with Gasteiger partial charge in [0.25, 0.3) is 0 Å². The van der Waals surface area contributed by atoms with Gasteiger partial charge < -0.3 is 5.32 Å². The lowest BCUT2D eigenvalue weighted by molar-refractivity contribution is 0.412. The maximum absolute atomic E-state index is 6.05. The summed E-state index contributed by atoms with van der Waals surface area (Å²) in [7, 11) is 0. The fraction of sp³-hybridized carbons (Fsp3) is 0.429. The fourth-order valence-electron chi connectivity index (χ4n) is 2.25. The van der Waals surface area contributed by atoms with Crippen LogP contribution < -0.4 is 10.7 Å². The fourth-order valence-corrected chi connectivity index (χ4v) is 2.97. The highest BCUT2D eigenvalue weighted by Crippen LogP contribution is 2.22. The molecule has 108 valence electrons. The standard InChI is InChI=1S/C14H17Cl2N3S/c15-12-7-4-8-13(16)11(12)9-17-19-14(20)18-10-5-2-1-3-6-10/h4,7-10H,1-3,5-6H2,(H2,18,19,20)/b17-9-. The van der Waals surface area contributed by atoms with Crippen LogP contribution in [0.15, 0.2) is 23.3 Å². The van der Waals surface area contributed by atoms with E-state index in [1.807, 2.05) is 0 Å². The third kappa shape index (κ3) is 4.62. The molecule has 1 aliphatic rings. The second kappa shape index (κ2) is 7.81. The van der Waals surface area contributed by atoms with Crippen LogP contribution in [0.2, 0.25) is 10.0 Å². The number of nitrogens with zero attached hydrogens (tertiary/aromatic N) is 1. The van der Waals surface area contributed by atoms with E-state index >= 15 is 0 Å². The van der Waals surface area contributed by atoms with Gasteiger partial charge in [0.15, 0.2) is 5.11 Å². The lowest BCUT2D eigenvalue weighted by atomic mass is 9.96. The molecule has 1 aromatic carbocycles. The molecule has 0 radical (unpaired) electrons. The maximum atomic E-state index is 6.05. The Hall–Kier alpha value is -0.840. The summed E-state index contributed by atoms with van der Waals surface area (Å²) in [5.41, 5.74) is 3.49. The molecule has 0 aliphatic heterocycles. The number of hydrogen-bond donors (Lipinski definition) is 2. The Bertz CT molecular complexity index is 479. The first-order valence-corrected chi connectivity index (χ1v) is 7.87. The average Bonchev–Trinajstić information content (AvgIpc) is 2.43. The van der Waals surface area contributed by atoms with Gasteiger partial charge in [-0.2, -0.15) is 5.10 Å². The lowest BCUT2D eigenvalue weighted by Gasteiger charge is -2.23. The van der Waals surface area contributed by atoms with Gasteiger partial charge in [-0.3, -0.25) is 5.43 Å². The van der Waals surface area contributed by atoms with Crippen molar-refractivity contribution in [3.8, 4) is 0 Å². The Morgan fingerprint density at radius 2 is 1.85 bits per heavy atom. The summed E-state index contributed by atoms with van der Waals surface area (Å²) in [6.45, 7) is 0. The summed E-state index contributed by atoms with van der Waals surface area (Å²) in [6, 6.07) is 5.80. The van der Waals surface area contributed by atoms with Crippen LogP contribution in [0.3, 0.4) is 0 Å². The van der Waals surface area contributed by atoms with Crippen LogP contribution in [-0.4, -0.2) is 17.4 Å². The zero-order chi connectivity index (χ0) is 14.4. The number of rotatable bonds is 3. The van der Waals surface area contributed by atoms with Gasteiger partial charge in [-0.25, -0.2) is 0 Å². The molecule has 0 atom stereocenters. The minimum atomic E-state index is 0.461. The van der Waals surface area contributed by atoms with Gasteiger partial charge in [-0.1, -0.05) is 48.5 Å². The Balaban J connectivity index is 1.84. The molecule has 0 aromatic heterocycles. The van der Waals surface area contributed by atoms with E-state index in [2.05, 4.69) is 15.8 Å². The van der Waals surface area contributed by atoms with E-state index in [0.29, 0.717) is 26.8 Å². The van der Waals surface area contributed by atoms with E-state index in [1.165, 1.54) is 32.1 Å². The van der Waals surface area contributed by atoms with Crippen molar-refractivity contribution in [3.63, 3.8) is 0 Å². The Labute approximate surface area is 134 Å². The summed E-state index contributed by atoms with van der Waals surface area (Å²) in [6.07, 6.45) is 7.77. The summed E-state index contributed by atoms with van der Waals surface area (Å²) in [5, 5.41) is 9.02. The molecule has 1 aromatic rings. The van der Waals surface area contributed by atoms with Crippen LogP contribution in [0.25, 0.3) is 0 Å². The minimum Gasteiger partial charge on any atom is -0.359 e. The highest BCUT2D eigenvalue weighted by molar-refractivity contribution is 7.80. The van der Waals surface area contributed by atoms with Crippen LogP contribution in [0, 0.1) is 0 Å². The molecule has 0 amide bonds. The monoisotopic (exact) mass is 329 g/mol. The lowest BCUT2D eigenvalue weighted by Crippen LogP contribution is -2.40. The van der Waals surface area contributed by atoms with E-state index in [-0.39, 0.29) is 0 Å². The Kier molecular flexibility index (Phi) is 6.07. The van der Waals surface area contributed by atoms with E-state index in [9.17, 15) is 0 Å². The maximum Gasteiger partial charge on any atom is 0.187 e. The molecule has 0 heterocycles. The molecule has 2 N–H and O–H groups in total. The first kappa shape index (κ1) is 15.5. The molecule has 1 fully saturated rings. The van der Waals surface area contributed by atoms with Crippen LogP contribution >= 0.6 is 35.4 Å². The van der Waals surface area contributed by atoms with Crippen molar-refractivity contribution >= 4 is 46.7 Å². The van der Waals surface area contributed by atoms with Gasteiger partial charge in [0, 0.05) is 11.6 Å². The van der Waals surface area contributed by atoms with E-state index < -0.39 is 0 Å². The molecular formula is C14H17Cl2N3S. The van der Waals surface area contributed by atoms with Gasteiger partial charge in [0.2, 0.25) is 0 Å². The second-order valence-electron chi connectivity index (χ2n) is 4.81. The van der Waals surface area contributed by atoms with Gasteiger partial charge in [0.1, 0.15) is 0 Å². The van der Waals surface area contributed by atoms with Gasteiger partial charge >= 0.3 is 0 Å². The van der Waals surface area contributed by atoms with Crippen LogP contribution in [0.5, 0.6) is 0 Å². The number of hydrogen-bond acceptors (Lipinski definition) is 2. The highest BCUT2D eigenvalue weighted by atomic mass is 35.5. The summed E-state index contributed by atoms with van der Waals surface area (Å²) in [5.74, 6) is 0. The van der Waals surface area contributed by atoms with Crippen molar-refractivity contribution in [2.75, 3.05) is 0 Å². The van der Waals surface area contributed by atoms with E-state index in [0.717, 1.165) is 0 Å². The molecule has 1 saturated carbocycles. The minimum absolute atomic E-state index is 0.461. The van der Waals surface area contributed by atoms with Crippen molar-refractivity contribution in [3.05, 3.63) is 33.8 Å². The molecule has 20 heavy (non-hydrogen) atoms. The smallest absolute Gasteiger partial charge is 0.187 e. The van der Waals surface area contributed by atoms with Crippen molar-refractivity contribution in [2.24, 2.45) is 5.10 Å². The molecular weight excluding hydrogens is 313 g/mol. The number of nitrogens with one attached hydrogen (secondary N) is 2. The molecule has 0 bridgehead atoms. The molecule has 2 rings (SSSR count). The first-order chi connectivity index (χ1) is 9.66. The Morgan fingerprint density at radius 3 is 2.50 bits per heavy atom. The third-order valence-corrected chi connectivity index (χ3v) is 4.17. The molecule has 0 spiro atoms. The van der Waals surface area contributed by atoms with E-state index in [4.69, 9.17) is 35.4 Å². The largest absolute Gasteiger partial charge is 0.359 e. The second-order valence-corrected chi connectivity index (χ2v) is 6.04. The average molecular weight is 330 g/mol. The van der Waals surface area contributed by atoms with Gasteiger partial charge in [-0.15, -0.1) is 0 Å². The van der Waals surface area contributed by atoms with Crippen molar-refractivity contribution in [1.82, 2.24) is 10.7 Å². The molecule has 1 aliphatic carbocycles. The predicted molar refractivity (Wildman–Crippen MR) is 89.8 cm³/mol. The summed E-state index contributed by atoms with van der Waals surface area (Å²) >= 11 is 17.3. The molecule has 0 unspecified atom stereocenters. The van der Waals surface area contributed by atoms with Crippen LogP contribution in [0.4, 0.5) is 0 Å². The van der Waals surface area contributed by atoms with Gasteiger partial charge in [0.05, 0.1) is 16.3 Å². The molecule has 6 heteroatoms. The zero-order valence-corrected chi connectivity index (χ0v) is 13.4. The number of thiocarbonyl (C=S) groups is 1. The van der Waals surface area contributed by atoms with Crippen LogP contribution in [0.1, 0.15) is 37.7 Å². The third-order valence-electron chi connectivity index (χ3n) is 3.30. The zero-order valence-electron chi connectivity index (χ0n) is 11.0. The number of hydrazone groups is 1. The topological polar surface area (TPSA) is 36.4 Å². The van der Waals surface area contributed by atoms with Crippen molar-refractivity contribution in [2.45, 2.75) is 38.1 Å². The predicted octanol–water partition coefficient (Wildman–Crippen LogP) is 4.12.